The zero-order valence-corrected chi connectivity index (χ0v) is 11.2. The Bertz CT molecular complexity index is 372. The molecule has 0 radical (unpaired) electrons. The maximum atomic E-state index is 12.0. The SMILES string of the molecule is CC(C)(NC(=O)NC(C)(C(=O)O)C1CC1)C1CC1. The second-order valence-electron chi connectivity index (χ2n) is 6.36. The second kappa shape index (κ2) is 4.14. The Labute approximate surface area is 107 Å². The smallest absolute Gasteiger partial charge is 0.329 e. The standard InChI is InChI=1S/C13H22N2O3/c1-12(2,8-4-5-8)14-11(18)15-13(3,10(16)17)9-6-7-9/h8-9H,4-7H2,1-3H3,(H,16,17)(H2,14,15,18). The average molecular weight is 254 g/mol. The monoisotopic (exact) mass is 254 g/mol. The van der Waals surface area contributed by atoms with Crippen molar-refractivity contribution in [2.75, 3.05) is 0 Å². The fourth-order valence-electron chi connectivity index (χ4n) is 2.46. The van der Waals surface area contributed by atoms with Gasteiger partial charge in [0.15, 0.2) is 0 Å². The van der Waals surface area contributed by atoms with Crippen molar-refractivity contribution in [1.29, 1.82) is 0 Å². The van der Waals surface area contributed by atoms with Gasteiger partial charge in [-0.3, -0.25) is 0 Å². The first-order valence-electron chi connectivity index (χ1n) is 6.59. The lowest BCUT2D eigenvalue weighted by Crippen LogP contribution is -2.60. The number of urea groups is 1. The van der Waals surface area contributed by atoms with Crippen molar-refractivity contribution < 1.29 is 14.7 Å². The van der Waals surface area contributed by atoms with E-state index in [1.54, 1.807) is 6.92 Å². The van der Waals surface area contributed by atoms with Gasteiger partial charge in [0.05, 0.1) is 0 Å². The van der Waals surface area contributed by atoms with Crippen LogP contribution in [0.25, 0.3) is 0 Å². The highest BCUT2D eigenvalue weighted by atomic mass is 16.4. The summed E-state index contributed by atoms with van der Waals surface area (Å²) < 4.78 is 0. The predicted molar refractivity (Wildman–Crippen MR) is 67.2 cm³/mol. The lowest BCUT2D eigenvalue weighted by molar-refractivity contribution is -0.144. The van der Waals surface area contributed by atoms with Gasteiger partial charge in [-0.15, -0.1) is 0 Å². The first-order chi connectivity index (χ1) is 8.25. The van der Waals surface area contributed by atoms with Gasteiger partial charge in [0, 0.05) is 5.54 Å². The van der Waals surface area contributed by atoms with E-state index in [1.807, 2.05) is 13.8 Å². The van der Waals surface area contributed by atoms with Crippen LogP contribution in [0.1, 0.15) is 46.5 Å². The zero-order valence-electron chi connectivity index (χ0n) is 11.2. The van der Waals surface area contributed by atoms with Crippen LogP contribution in [0.15, 0.2) is 0 Å². The predicted octanol–water partition coefficient (Wildman–Crippen LogP) is 1.73. The molecule has 2 fully saturated rings. The van der Waals surface area contributed by atoms with Crippen LogP contribution in [-0.4, -0.2) is 28.2 Å². The molecule has 2 amide bonds. The summed E-state index contributed by atoms with van der Waals surface area (Å²) in [6.07, 6.45) is 4.00. The highest BCUT2D eigenvalue weighted by Gasteiger charge is 2.49. The number of hydrogen-bond donors (Lipinski definition) is 3. The van der Waals surface area contributed by atoms with Gasteiger partial charge in [-0.2, -0.15) is 0 Å². The Balaban J connectivity index is 1.95. The molecule has 0 spiro atoms. The minimum atomic E-state index is -1.14. The van der Waals surface area contributed by atoms with Crippen molar-refractivity contribution in [2.24, 2.45) is 11.8 Å². The maximum absolute atomic E-state index is 12.0. The molecule has 5 nitrogen and oxygen atoms in total. The number of carboxylic acids is 1. The van der Waals surface area contributed by atoms with Crippen LogP contribution in [0.3, 0.4) is 0 Å². The molecule has 18 heavy (non-hydrogen) atoms. The topological polar surface area (TPSA) is 78.4 Å². The Hall–Kier alpha value is -1.26. The molecule has 0 aromatic carbocycles. The molecule has 0 aromatic rings. The molecule has 2 aliphatic rings. The number of nitrogens with one attached hydrogen (secondary N) is 2. The molecule has 5 heteroatoms. The van der Waals surface area contributed by atoms with E-state index in [-0.39, 0.29) is 17.5 Å². The van der Waals surface area contributed by atoms with Gasteiger partial charge >= 0.3 is 12.0 Å². The molecule has 0 aliphatic heterocycles. The van der Waals surface area contributed by atoms with Gasteiger partial charge < -0.3 is 15.7 Å². The molecule has 0 bridgehead atoms. The van der Waals surface area contributed by atoms with Gasteiger partial charge in [-0.25, -0.2) is 9.59 Å². The minimum absolute atomic E-state index is 0.0600. The fourth-order valence-corrected chi connectivity index (χ4v) is 2.46. The van der Waals surface area contributed by atoms with Crippen LogP contribution in [0.4, 0.5) is 4.79 Å². The zero-order chi connectivity index (χ0) is 13.6. The molecule has 0 heterocycles. The molecule has 1 unspecified atom stereocenters. The lowest BCUT2D eigenvalue weighted by Gasteiger charge is -2.31. The van der Waals surface area contributed by atoms with Crippen molar-refractivity contribution in [2.45, 2.75) is 57.5 Å². The lowest BCUT2D eigenvalue weighted by atomic mass is 9.95. The van der Waals surface area contributed by atoms with Crippen LogP contribution in [-0.2, 0) is 4.79 Å². The van der Waals surface area contributed by atoms with E-state index in [0.717, 1.165) is 25.7 Å². The molecule has 0 saturated heterocycles. The van der Waals surface area contributed by atoms with E-state index in [9.17, 15) is 14.7 Å². The number of hydrogen-bond acceptors (Lipinski definition) is 2. The number of carboxylic acid groups (broad SMARTS) is 1. The first-order valence-corrected chi connectivity index (χ1v) is 6.59. The number of amides is 2. The van der Waals surface area contributed by atoms with E-state index in [0.29, 0.717) is 5.92 Å². The molecule has 2 aliphatic carbocycles. The fraction of sp³-hybridized carbons (Fsp3) is 0.846. The van der Waals surface area contributed by atoms with E-state index in [2.05, 4.69) is 10.6 Å². The van der Waals surface area contributed by atoms with Crippen LogP contribution < -0.4 is 10.6 Å². The summed E-state index contributed by atoms with van der Waals surface area (Å²) in [5.41, 5.74) is -1.39. The van der Waals surface area contributed by atoms with E-state index in [1.165, 1.54) is 0 Å². The normalized spacial score (nSPS) is 23.1. The molecule has 102 valence electrons. The summed E-state index contributed by atoms with van der Waals surface area (Å²) in [5, 5.41) is 14.8. The van der Waals surface area contributed by atoms with Crippen LogP contribution in [0.5, 0.6) is 0 Å². The minimum Gasteiger partial charge on any atom is -0.480 e. The quantitative estimate of drug-likeness (QED) is 0.699. The first kappa shape index (κ1) is 13.2. The number of rotatable bonds is 5. The van der Waals surface area contributed by atoms with Crippen molar-refractivity contribution in [3.63, 3.8) is 0 Å². The van der Waals surface area contributed by atoms with Crippen LogP contribution in [0.2, 0.25) is 0 Å². The highest BCUT2D eigenvalue weighted by Crippen LogP contribution is 2.41. The van der Waals surface area contributed by atoms with Crippen molar-refractivity contribution in [1.82, 2.24) is 10.6 Å². The third kappa shape index (κ3) is 2.60. The third-order valence-corrected chi connectivity index (χ3v) is 4.24. The van der Waals surface area contributed by atoms with Crippen molar-refractivity contribution in [3.05, 3.63) is 0 Å². The van der Waals surface area contributed by atoms with E-state index >= 15 is 0 Å². The summed E-state index contributed by atoms with van der Waals surface area (Å²) in [6.45, 7) is 5.57. The van der Waals surface area contributed by atoms with Crippen molar-refractivity contribution >= 4 is 12.0 Å². The van der Waals surface area contributed by atoms with Gasteiger partial charge in [-0.05, 0) is 58.3 Å². The number of aliphatic carboxylic acids is 1. The summed E-state index contributed by atoms with van der Waals surface area (Å²) in [6, 6.07) is -0.372. The molecule has 3 N–H and O–H groups in total. The Morgan fingerprint density at radius 3 is 1.89 bits per heavy atom. The molecular formula is C13H22N2O3. The Morgan fingerprint density at radius 1 is 1.00 bits per heavy atom. The van der Waals surface area contributed by atoms with E-state index < -0.39 is 11.5 Å². The molecule has 0 aromatic heterocycles. The van der Waals surface area contributed by atoms with E-state index in [4.69, 9.17) is 0 Å². The Kier molecular flexibility index (Phi) is 3.03. The molecule has 2 rings (SSSR count). The maximum Gasteiger partial charge on any atom is 0.329 e. The van der Waals surface area contributed by atoms with Gasteiger partial charge in [0.25, 0.3) is 0 Å². The van der Waals surface area contributed by atoms with Crippen LogP contribution in [0, 0.1) is 11.8 Å². The average Bonchev–Trinajstić information content (AvgIpc) is 3.07. The molecule has 2 saturated carbocycles. The number of carbonyl (C=O) groups is 2. The molecular weight excluding hydrogens is 232 g/mol. The largest absolute Gasteiger partial charge is 0.480 e. The summed E-state index contributed by atoms with van der Waals surface area (Å²) in [7, 11) is 0. The Morgan fingerprint density at radius 2 is 1.50 bits per heavy atom. The van der Waals surface area contributed by atoms with Gasteiger partial charge in [0.1, 0.15) is 5.54 Å². The second-order valence-corrected chi connectivity index (χ2v) is 6.36. The molecule has 1 atom stereocenters. The number of carbonyl (C=O) groups excluding carboxylic acids is 1. The summed E-state index contributed by atoms with van der Waals surface area (Å²) >= 11 is 0. The van der Waals surface area contributed by atoms with Crippen LogP contribution >= 0.6 is 0 Å². The summed E-state index contributed by atoms with van der Waals surface area (Å²) in [4.78, 5) is 23.3. The summed E-state index contributed by atoms with van der Waals surface area (Å²) in [5.74, 6) is -0.380. The third-order valence-electron chi connectivity index (χ3n) is 4.24. The van der Waals surface area contributed by atoms with Gasteiger partial charge in [0.2, 0.25) is 0 Å². The van der Waals surface area contributed by atoms with Gasteiger partial charge in [-0.1, -0.05) is 0 Å². The highest BCUT2D eigenvalue weighted by molar-refractivity contribution is 5.86. The van der Waals surface area contributed by atoms with Crippen molar-refractivity contribution in [3.8, 4) is 0 Å².